The van der Waals surface area contributed by atoms with Crippen LogP contribution in [-0.2, 0) is 0 Å². The van der Waals surface area contributed by atoms with E-state index in [9.17, 15) is 0 Å². The number of rotatable bonds is 4. The molecule has 1 saturated heterocycles. The summed E-state index contributed by atoms with van der Waals surface area (Å²) in [5, 5.41) is 4.43. The van der Waals surface area contributed by atoms with Crippen LogP contribution < -0.4 is 10.1 Å². The summed E-state index contributed by atoms with van der Waals surface area (Å²) in [7, 11) is 0. The van der Waals surface area contributed by atoms with Crippen LogP contribution in [0.5, 0.6) is 5.75 Å². The number of benzene rings is 1. The molecule has 1 aliphatic rings. The molecule has 1 fully saturated rings. The summed E-state index contributed by atoms with van der Waals surface area (Å²) >= 11 is 12.3. The Morgan fingerprint density at radius 1 is 1.43 bits per heavy atom. The van der Waals surface area contributed by atoms with Gasteiger partial charge in [0.05, 0.1) is 11.2 Å². The molecule has 2 heterocycles. The highest BCUT2D eigenvalue weighted by molar-refractivity contribution is 6.35. The van der Waals surface area contributed by atoms with E-state index in [1.165, 1.54) is 0 Å². The third-order valence-electron chi connectivity index (χ3n) is 3.66. The van der Waals surface area contributed by atoms with E-state index >= 15 is 0 Å². The van der Waals surface area contributed by atoms with Crippen molar-refractivity contribution >= 4 is 23.2 Å². The third-order valence-corrected chi connectivity index (χ3v) is 4.16. The minimum atomic E-state index is -0.257. The lowest BCUT2D eigenvalue weighted by molar-refractivity contribution is 0.113. The quantitative estimate of drug-likeness (QED) is 0.921. The molecule has 1 aromatic heterocycles. The lowest BCUT2D eigenvalue weighted by Gasteiger charge is -2.23. The molecule has 0 aliphatic carbocycles. The standard InChI is InChI=1S/C15H16Cl2N2O2/c1-9-6-11(16)7-12(17)13(9)21-14(10-2-3-18-8-10)15-19-4-5-20-15/h4-7,10,14,18H,2-3,8H2,1H3/t10-,14+/m1/s1. The predicted octanol–water partition coefficient (Wildman–Crippen LogP) is 4.02. The fourth-order valence-corrected chi connectivity index (χ4v) is 3.26. The maximum atomic E-state index is 6.27. The molecule has 0 unspecified atom stereocenters. The number of hydrogen-bond acceptors (Lipinski definition) is 4. The number of oxazole rings is 1. The highest BCUT2D eigenvalue weighted by Crippen LogP contribution is 2.38. The third kappa shape index (κ3) is 3.18. The number of halogens is 2. The van der Waals surface area contributed by atoms with Crippen molar-refractivity contribution < 1.29 is 9.15 Å². The van der Waals surface area contributed by atoms with E-state index < -0.39 is 0 Å². The van der Waals surface area contributed by atoms with E-state index in [2.05, 4.69) is 10.3 Å². The van der Waals surface area contributed by atoms with Gasteiger partial charge in [-0.05, 0) is 37.6 Å². The van der Waals surface area contributed by atoms with Gasteiger partial charge in [-0.15, -0.1) is 0 Å². The second-order valence-electron chi connectivity index (χ2n) is 5.20. The summed E-state index contributed by atoms with van der Waals surface area (Å²) in [5.74, 6) is 1.51. The molecular formula is C15H16Cl2N2O2. The van der Waals surface area contributed by atoms with Crippen molar-refractivity contribution in [3.05, 3.63) is 46.1 Å². The normalized spacial score (nSPS) is 19.7. The Labute approximate surface area is 133 Å². The van der Waals surface area contributed by atoms with Crippen LogP contribution in [0, 0.1) is 12.8 Å². The summed E-state index contributed by atoms with van der Waals surface area (Å²) in [6, 6.07) is 3.52. The SMILES string of the molecule is Cc1cc(Cl)cc(Cl)c1O[C@H](c1ncco1)[C@@H]1CCNC1. The first kappa shape index (κ1) is 14.7. The van der Waals surface area contributed by atoms with Crippen LogP contribution in [0.1, 0.15) is 24.0 Å². The average molecular weight is 327 g/mol. The van der Waals surface area contributed by atoms with Crippen molar-refractivity contribution in [3.63, 3.8) is 0 Å². The van der Waals surface area contributed by atoms with Crippen LogP contribution in [0.2, 0.25) is 10.0 Å². The fourth-order valence-electron chi connectivity index (χ4n) is 2.62. The zero-order valence-electron chi connectivity index (χ0n) is 11.6. The number of aromatic nitrogens is 1. The Morgan fingerprint density at radius 3 is 2.90 bits per heavy atom. The lowest BCUT2D eigenvalue weighted by Crippen LogP contribution is -2.22. The van der Waals surface area contributed by atoms with Gasteiger partial charge in [0.2, 0.25) is 5.89 Å². The number of nitrogens with one attached hydrogen (secondary N) is 1. The van der Waals surface area contributed by atoms with Gasteiger partial charge in [0, 0.05) is 17.5 Å². The number of aryl methyl sites for hydroxylation is 1. The van der Waals surface area contributed by atoms with E-state index in [1.54, 1.807) is 18.5 Å². The molecule has 0 amide bonds. The van der Waals surface area contributed by atoms with Crippen LogP contribution in [0.4, 0.5) is 0 Å². The molecule has 1 aromatic carbocycles. The summed E-state index contributed by atoms with van der Waals surface area (Å²) in [4.78, 5) is 4.25. The minimum Gasteiger partial charge on any atom is -0.479 e. The van der Waals surface area contributed by atoms with Crippen molar-refractivity contribution in [3.8, 4) is 5.75 Å². The smallest absolute Gasteiger partial charge is 0.235 e. The predicted molar refractivity (Wildman–Crippen MR) is 82.0 cm³/mol. The molecule has 112 valence electrons. The van der Waals surface area contributed by atoms with Gasteiger partial charge < -0.3 is 14.5 Å². The first-order valence-electron chi connectivity index (χ1n) is 6.87. The van der Waals surface area contributed by atoms with E-state index in [4.69, 9.17) is 32.4 Å². The molecular weight excluding hydrogens is 311 g/mol. The number of ether oxygens (including phenoxy) is 1. The van der Waals surface area contributed by atoms with Gasteiger partial charge in [-0.1, -0.05) is 23.2 Å². The Balaban J connectivity index is 1.91. The Hall–Kier alpha value is -1.23. The summed E-state index contributed by atoms with van der Waals surface area (Å²) in [6.07, 6.45) is 3.94. The van der Waals surface area contributed by atoms with Gasteiger partial charge in [0.15, 0.2) is 6.10 Å². The number of nitrogens with zero attached hydrogens (tertiary/aromatic N) is 1. The Kier molecular flexibility index (Phi) is 4.38. The molecule has 0 saturated carbocycles. The van der Waals surface area contributed by atoms with Crippen LogP contribution in [-0.4, -0.2) is 18.1 Å². The topological polar surface area (TPSA) is 47.3 Å². The summed E-state index contributed by atoms with van der Waals surface area (Å²) in [5.41, 5.74) is 0.898. The van der Waals surface area contributed by atoms with Crippen LogP contribution in [0.3, 0.4) is 0 Å². The van der Waals surface area contributed by atoms with Crippen LogP contribution in [0.25, 0.3) is 0 Å². The van der Waals surface area contributed by atoms with Gasteiger partial charge >= 0.3 is 0 Å². The van der Waals surface area contributed by atoms with E-state index in [0.717, 1.165) is 25.1 Å². The van der Waals surface area contributed by atoms with E-state index in [-0.39, 0.29) is 6.10 Å². The molecule has 1 N–H and O–H groups in total. The molecule has 0 spiro atoms. The highest BCUT2D eigenvalue weighted by atomic mass is 35.5. The average Bonchev–Trinajstić information content (AvgIpc) is 3.11. The van der Waals surface area contributed by atoms with Gasteiger partial charge in [-0.3, -0.25) is 0 Å². The molecule has 0 radical (unpaired) electrons. The Bertz CT molecular complexity index is 587. The fraction of sp³-hybridized carbons (Fsp3) is 0.400. The maximum Gasteiger partial charge on any atom is 0.235 e. The monoisotopic (exact) mass is 326 g/mol. The van der Waals surface area contributed by atoms with Crippen LogP contribution in [0.15, 0.2) is 29.0 Å². The van der Waals surface area contributed by atoms with Crippen molar-refractivity contribution in [2.24, 2.45) is 5.92 Å². The van der Waals surface area contributed by atoms with Gasteiger partial charge in [-0.25, -0.2) is 4.98 Å². The van der Waals surface area contributed by atoms with E-state index in [1.807, 2.05) is 13.0 Å². The molecule has 2 aromatic rings. The summed E-state index contributed by atoms with van der Waals surface area (Å²) in [6.45, 7) is 3.77. The minimum absolute atomic E-state index is 0.257. The van der Waals surface area contributed by atoms with E-state index in [0.29, 0.717) is 27.6 Å². The summed E-state index contributed by atoms with van der Waals surface area (Å²) < 4.78 is 11.6. The van der Waals surface area contributed by atoms with Crippen LogP contribution >= 0.6 is 23.2 Å². The van der Waals surface area contributed by atoms with Crippen molar-refractivity contribution in [2.45, 2.75) is 19.4 Å². The molecule has 21 heavy (non-hydrogen) atoms. The largest absolute Gasteiger partial charge is 0.479 e. The molecule has 2 atom stereocenters. The molecule has 3 rings (SSSR count). The second-order valence-corrected chi connectivity index (χ2v) is 6.04. The second kappa shape index (κ2) is 6.26. The first-order valence-corrected chi connectivity index (χ1v) is 7.63. The lowest BCUT2D eigenvalue weighted by atomic mass is 10.0. The highest BCUT2D eigenvalue weighted by Gasteiger charge is 2.32. The zero-order valence-corrected chi connectivity index (χ0v) is 13.1. The molecule has 1 aliphatic heterocycles. The molecule has 4 nitrogen and oxygen atoms in total. The number of hydrogen-bond donors (Lipinski definition) is 1. The first-order chi connectivity index (χ1) is 10.1. The van der Waals surface area contributed by atoms with Crippen molar-refractivity contribution in [1.82, 2.24) is 10.3 Å². The van der Waals surface area contributed by atoms with Gasteiger partial charge in [0.1, 0.15) is 12.0 Å². The maximum absolute atomic E-state index is 6.27. The Morgan fingerprint density at radius 2 is 2.29 bits per heavy atom. The van der Waals surface area contributed by atoms with Gasteiger partial charge in [0.25, 0.3) is 0 Å². The van der Waals surface area contributed by atoms with Gasteiger partial charge in [-0.2, -0.15) is 0 Å². The molecule has 0 bridgehead atoms. The zero-order chi connectivity index (χ0) is 14.8. The van der Waals surface area contributed by atoms with Crippen molar-refractivity contribution in [1.29, 1.82) is 0 Å². The van der Waals surface area contributed by atoms with Crippen molar-refractivity contribution in [2.75, 3.05) is 13.1 Å². The molecule has 6 heteroatoms.